The van der Waals surface area contributed by atoms with Crippen LogP contribution >= 0.6 is 35.6 Å². The normalized spacial score (nSPS) is 30.6. The van der Waals surface area contributed by atoms with Crippen molar-refractivity contribution in [3.8, 4) is 0 Å². The fourth-order valence-electron chi connectivity index (χ4n) is 5.33. The Balaban J connectivity index is 0.00000240. The van der Waals surface area contributed by atoms with Crippen molar-refractivity contribution in [2.45, 2.75) is 31.7 Å². The molecule has 1 spiro atoms. The van der Waals surface area contributed by atoms with Gasteiger partial charge in [-0.25, -0.2) is 0 Å². The number of likely N-dealkylation sites (tertiary alicyclic amines) is 2. The SMILES string of the molecule is CN=C(NCC1CCCN(C)C1c1cccc(Cl)c1)N1CCC2(CCOC2)C1.I. The Kier molecular flexibility index (Phi) is 8.09. The molecule has 3 unspecified atom stereocenters. The fourth-order valence-corrected chi connectivity index (χ4v) is 5.53. The van der Waals surface area contributed by atoms with Crippen LogP contribution in [0.15, 0.2) is 29.3 Å². The predicted molar refractivity (Wildman–Crippen MR) is 130 cm³/mol. The van der Waals surface area contributed by atoms with Crippen LogP contribution < -0.4 is 5.32 Å². The number of hydrogen-bond acceptors (Lipinski definition) is 3. The summed E-state index contributed by atoms with van der Waals surface area (Å²) in [5.41, 5.74) is 1.67. The van der Waals surface area contributed by atoms with Crippen LogP contribution in [-0.4, -0.2) is 69.2 Å². The molecule has 1 aromatic carbocycles. The average Bonchev–Trinajstić information content (AvgIpc) is 3.32. The molecule has 0 aliphatic carbocycles. The molecule has 1 aromatic rings. The van der Waals surface area contributed by atoms with Crippen LogP contribution in [0.5, 0.6) is 0 Å². The molecule has 3 atom stereocenters. The lowest BCUT2D eigenvalue weighted by Crippen LogP contribution is -2.46. The Morgan fingerprint density at radius 2 is 2.21 bits per heavy atom. The summed E-state index contributed by atoms with van der Waals surface area (Å²) in [5.74, 6) is 1.59. The minimum atomic E-state index is 0. The summed E-state index contributed by atoms with van der Waals surface area (Å²) in [6, 6.07) is 8.76. The Hall–Kier alpha value is -0.570. The van der Waals surface area contributed by atoms with Gasteiger partial charge in [-0.1, -0.05) is 23.7 Å². The third-order valence-electron chi connectivity index (χ3n) is 6.85. The maximum absolute atomic E-state index is 6.28. The van der Waals surface area contributed by atoms with Gasteiger partial charge in [-0.05, 0) is 62.9 Å². The van der Waals surface area contributed by atoms with Gasteiger partial charge in [0.2, 0.25) is 0 Å². The van der Waals surface area contributed by atoms with Crippen molar-refractivity contribution in [1.82, 2.24) is 15.1 Å². The number of nitrogens with zero attached hydrogens (tertiary/aromatic N) is 3. The maximum atomic E-state index is 6.28. The monoisotopic (exact) mass is 532 g/mol. The fraction of sp³-hybridized carbons (Fsp3) is 0.682. The highest BCUT2D eigenvalue weighted by Crippen LogP contribution is 2.38. The molecule has 3 saturated heterocycles. The molecule has 0 amide bonds. The molecule has 0 saturated carbocycles. The molecule has 3 aliphatic rings. The summed E-state index contributed by atoms with van der Waals surface area (Å²) in [6.07, 6.45) is 4.86. The molecule has 162 valence electrons. The summed E-state index contributed by atoms with van der Waals surface area (Å²) in [4.78, 5) is 9.50. The quantitative estimate of drug-likeness (QED) is 0.363. The number of piperidine rings is 1. The molecule has 5 nitrogen and oxygen atoms in total. The van der Waals surface area contributed by atoms with E-state index in [4.69, 9.17) is 16.3 Å². The van der Waals surface area contributed by atoms with Gasteiger partial charge in [0.15, 0.2) is 5.96 Å². The number of halogens is 2. The Morgan fingerprint density at radius 3 is 2.93 bits per heavy atom. The van der Waals surface area contributed by atoms with E-state index in [-0.39, 0.29) is 24.0 Å². The van der Waals surface area contributed by atoms with Gasteiger partial charge in [0.25, 0.3) is 0 Å². The van der Waals surface area contributed by atoms with Crippen LogP contribution in [0.3, 0.4) is 0 Å². The van der Waals surface area contributed by atoms with E-state index < -0.39 is 0 Å². The number of benzene rings is 1. The zero-order valence-corrected chi connectivity index (χ0v) is 20.7. The first-order chi connectivity index (χ1) is 13.6. The standard InChI is InChI=1S/C22H33ClN4O.HI/c1-24-21(27-11-8-22(15-27)9-12-28-16-22)25-14-18-6-4-10-26(2)20(18)17-5-3-7-19(23)13-17;/h3,5,7,13,18,20H,4,6,8-12,14-16H2,1-2H3,(H,24,25);1H. The molecule has 3 fully saturated rings. The predicted octanol–water partition coefficient (Wildman–Crippen LogP) is 4.03. The van der Waals surface area contributed by atoms with Crippen molar-refractivity contribution in [1.29, 1.82) is 0 Å². The minimum Gasteiger partial charge on any atom is -0.381 e. The third kappa shape index (κ3) is 5.20. The van der Waals surface area contributed by atoms with Crippen molar-refractivity contribution >= 4 is 41.5 Å². The smallest absolute Gasteiger partial charge is 0.193 e. The molecule has 4 rings (SSSR count). The molecular weight excluding hydrogens is 499 g/mol. The van der Waals surface area contributed by atoms with E-state index in [9.17, 15) is 0 Å². The van der Waals surface area contributed by atoms with Crippen molar-refractivity contribution in [3.63, 3.8) is 0 Å². The van der Waals surface area contributed by atoms with Crippen molar-refractivity contribution in [2.75, 3.05) is 53.5 Å². The first-order valence-corrected chi connectivity index (χ1v) is 11.0. The number of guanidine groups is 1. The van der Waals surface area contributed by atoms with Gasteiger partial charge < -0.3 is 15.0 Å². The van der Waals surface area contributed by atoms with Gasteiger partial charge in [0, 0.05) is 49.8 Å². The summed E-state index contributed by atoms with van der Waals surface area (Å²) in [7, 11) is 4.14. The van der Waals surface area contributed by atoms with Gasteiger partial charge in [0.05, 0.1) is 6.61 Å². The molecule has 29 heavy (non-hydrogen) atoms. The Labute approximate surface area is 197 Å². The van der Waals surface area contributed by atoms with Gasteiger partial charge in [-0.3, -0.25) is 9.89 Å². The average molecular weight is 533 g/mol. The molecular formula is C22H34ClIN4O. The topological polar surface area (TPSA) is 40.1 Å². The van der Waals surface area contributed by atoms with Gasteiger partial charge in [-0.15, -0.1) is 24.0 Å². The van der Waals surface area contributed by atoms with E-state index in [1.54, 1.807) is 0 Å². The minimum absolute atomic E-state index is 0. The highest BCUT2D eigenvalue weighted by molar-refractivity contribution is 14.0. The number of nitrogens with one attached hydrogen (secondary N) is 1. The van der Waals surface area contributed by atoms with E-state index >= 15 is 0 Å². The Morgan fingerprint density at radius 1 is 1.34 bits per heavy atom. The lowest BCUT2D eigenvalue weighted by atomic mass is 9.85. The number of rotatable bonds is 3. The largest absolute Gasteiger partial charge is 0.381 e. The van der Waals surface area contributed by atoms with E-state index in [1.807, 2.05) is 13.1 Å². The third-order valence-corrected chi connectivity index (χ3v) is 7.09. The van der Waals surface area contributed by atoms with Crippen molar-refractivity contribution < 1.29 is 4.74 Å². The molecule has 0 radical (unpaired) electrons. The van der Waals surface area contributed by atoms with Gasteiger partial charge in [-0.2, -0.15) is 0 Å². The van der Waals surface area contributed by atoms with Crippen LogP contribution in [0.25, 0.3) is 0 Å². The van der Waals surface area contributed by atoms with Crippen LogP contribution in [0, 0.1) is 11.3 Å². The highest BCUT2D eigenvalue weighted by atomic mass is 127. The highest BCUT2D eigenvalue weighted by Gasteiger charge is 2.42. The van der Waals surface area contributed by atoms with E-state index in [2.05, 4.69) is 45.4 Å². The molecule has 0 bridgehead atoms. The molecule has 0 aromatic heterocycles. The van der Waals surface area contributed by atoms with Gasteiger partial charge in [0.1, 0.15) is 0 Å². The lowest BCUT2D eigenvalue weighted by molar-refractivity contribution is 0.122. The maximum Gasteiger partial charge on any atom is 0.193 e. The second kappa shape index (κ2) is 10.2. The van der Waals surface area contributed by atoms with Crippen LogP contribution in [0.4, 0.5) is 0 Å². The first kappa shape index (κ1) is 23.1. The van der Waals surface area contributed by atoms with Crippen LogP contribution in [0.1, 0.15) is 37.3 Å². The van der Waals surface area contributed by atoms with E-state index in [0.717, 1.165) is 50.4 Å². The van der Waals surface area contributed by atoms with E-state index in [0.29, 0.717) is 17.4 Å². The Bertz CT molecular complexity index is 710. The first-order valence-electron chi connectivity index (χ1n) is 10.6. The second-order valence-corrected chi connectivity index (χ2v) is 9.22. The number of aliphatic imine (C=N–C) groups is 1. The summed E-state index contributed by atoms with van der Waals surface area (Å²) in [5, 5.41) is 4.52. The van der Waals surface area contributed by atoms with Crippen LogP contribution in [-0.2, 0) is 4.74 Å². The zero-order valence-electron chi connectivity index (χ0n) is 17.6. The molecule has 1 N–H and O–H groups in total. The summed E-state index contributed by atoms with van der Waals surface area (Å²) < 4.78 is 5.68. The number of hydrogen-bond donors (Lipinski definition) is 1. The van der Waals surface area contributed by atoms with Crippen molar-refractivity contribution in [3.05, 3.63) is 34.9 Å². The summed E-state index contributed by atoms with van der Waals surface area (Å²) in [6.45, 7) is 6.03. The zero-order chi connectivity index (χ0) is 19.6. The lowest BCUT2D eigenvalue weighted by Gasteiger charge is -2.40. The number of ether oxygens (including phenoxy) is 1. The van der Waals surface area contributed by atoms with Crippen LogP contribution in [0.2, 0.25) is 5.02 Å². The second-order valence-electron chi connectivity index (χ2n) is 8.79. The summed E-state index contributed by atoms with van der Waals surface area (Å²) >= 11 is 6.28. The van der Waals surface area contributed by atoms with Gasteiger partial charge >= 0.3 is 0 Å². The van der Waals surface area contributed by atoms with E-state index in [1.165, 1.54) is 31.2 Å². The molecule has 7 heteroatoms. The molecule has 3 heterocycles. The van der Waals surface area contributed by atoms with Crippen molar-refractivity contribution in [2.24, 2.45) is 16.3 Å². The molecule has 3 aliphatic heterocycles.